The first-order valence-corrected chi connectivity index (χ1v) is 10.9. The average Bonchev–Trinajstić information content (AvgIpc) is 2.87. The highest BCUT2D eigenvalue weighted by molar-refractivity contribution is 5.98. The quantitative estimate of drug-likeness (QED) is 0.345. The lowest BCUT2D eigenvalue weighted by Gasteiger charge is -2.25. The summed E-state index contributed by atoms with van der Waals surface area (Å²) >= 11 is 0. The summed E-state index contributed by atoms with van der Waals surface area (Å²) in [7, 11) is 3.20. The number of hydrogen-bond donors (Lipinski definition) is 1. The number of nitrogens with one attached hydrogen (secondary N) is 1. The zero-order valence-corrected chi connectivity index (χ0v) is 20.0. The molecule has 8 heteroatoms. The predicted molar refractivity (Wildman–Crippen MR) is 135 cm³/mol. The number of aryl methyl sites for hydroxylation is 2. The van der Waals surface area contributed by atoms with E-state index in [1.165, 1.54) is 17.2 Å². The van der Waals surface area contributed by atoms with Gasteiger partial charge in [0.05, 0.1) is 25.6 Å². The predicted octanol–water partition coefficient (Wildman–Crippen LogP) is 6.19. The van der Waals surface area contributed by atoms with Crippen LogP contribution in [0, 0.1) is 13.8 Å². The Morgan fingerprint density at radius 2 is 1.43 bits per heavy atom. The van der Waals surface area contributed by atoms with E-state index >= 15 is 0 Å². The van der Waals surface area contributed by atoms with Gasteiger partial charge in [-0.1, -0.05) is 18.2 Å². The van der Waals surface area contributed by atoms with E-state index in [-0.39, 0.29) is 5.88 Å². The lowest BCUT2D eigenvalue weighted by molar-refractivity contribution is 0.208. The van der Waals surface area contributed by atoms with Crippen LogP contribution in [0.25, 0.3) is 0 Å². The van der Waals surface area contributed by atoms with E-state index in [4.69, 9.17) is 14.2 Å². The Morgan fingerprint density at radius 1 is 0.829 bits per heavy atom. The summed E-state index contributed by atoms with van der Waals surface area (Å²) in [5.74, 6) is 1.84. The zero-order chi connectivity index (χ0) is 24.8. The lowest BCUT2D eigenvalue weighted by Crippen LogP contribution is -2.30. The van der Waals surface area contributed by atoms with Crippen LogP contribution in [0.1, 0.15) is 11.1 Å². The second-order valence-corrected chi connectivity index (χ2v) is 7.71. The summed E-state index contributed by atoms with van der Waals surface area (Å²) in [6, 6.07) is 21.9. The molecule has 1 N–H and O–H groups in total. The topological polar surface area (TPSA) is 85.8 Å². The number of hydrogen-bond acceptors (Lipinski definition) is 7. The number of para-hydroxylation sites is 1. The maximum atomic E-state index is 13.5. The number of carbonyl (C=O) groups is 1. The van der Waals surface area contributed by atoms with Gasteiger partial charge in [-0.25, -0.2) is 14.7 Å². The standard InChI is InChI=1S/C27H26N4O4/c1-18-6-5-7-19(2)25(18)31(21-10-14-23(34-4)15-11-21)27(32)35-24-16-17-28-26(30-24)29-20-8-12-22(33-3)13-9-20/h5-17H,1-4H3,(H,28,29,30). The zero-order valence-electron chi connectivity index (χ0n) is 20.0. The fraction of sp³-hybridized carbons (Fsp3) is 0.148. The van der Waals surface area contributed by atoms with E-state index in [9.17, 15) is 4.79 Å². The number of methoxy groups -OCH3 is 2. The van der Waals surface area contributed by atoms with Crippen molar-refractivity contribution in [3.63, 3.8) is 0 Å². The van der Waals surface area contributed by atoms with Gasteiger partial charge < -0.3 is 19.5 Å². The van der Waals surface area contributed by atoms with Crippen molar-refractivity contribution in [2.45, 2.75) is 13.8 Å². The molecule has 0 fully saturated rings. The summed E-state index contributed by atoms with van der Waals surface area (Å²) in [6.45, 7) is 3.90. The first-order valence-electron chi connectivity index (χ1n) is 10.9. The molecule has 0 aliphatic heterocycles. The molecular weight excluding hydrogens is 444 g/mol. The molecule has 4 rings (SSSR count). The molecule has 8 nitrogen and oxygen atoms in total. The van der Waals surface area contributed by atoms with Crippen LogP contribution in [0.5, 0.6) is 17.4 Å². The smallest absolute Gasteiger partial charge is 0.425 e. The fourth-order valence-electron chi connectivity index (χ4n) is 3.61. The second-order valence-electron chi connectivity index (χ2n) is 7.71. The summed E-state index contributed by atoms with van der Waals surface area (Å²) in [5, 5.41) is 3.10. The highest BCUT2D eigenvalue weighted by Gasteiger charge is 2.24. The molecule has 3 aromatic carbocycles. The first kappa shape index (κ1) is 23.6. The van der Waals surface area contributed by atoms with Crippen LogP contribution in [-0.4, -0.2) is 30.3 Å². The number of nitrogens with zero attached hydrogens (tertiary/aromatic N) is 3. The first-order chi connectivity index (χ1) is 17.0. The second kappa shape index (κ2) is 10.6. The van der Waals surface area contributed by atoms with Gasteiger partial charge in [-0.3, -0.25) is 0 Å². The van der Waals surface area contributed by atoms with Crippen LogP contribution < -0.4 is 24.4 Å². The Kier molecular flexibility index (Phi) is 7.11. The van der Waals surface area contributed by atoms with Crippen molar-refractivity contribution in [2.75, 3.05) is 24.4 Å². The third-order valence-electron chi connectivity index (χ3n) is 5.34. The monoisotopic (exact) mass is 470 g/mol. The van der Waals surface area contributed by atoms with Gasteiger partial charge >= 0.3 is 6.09 Å². The van der Waals surface area contributed by atoms with Crippen LogP contribution in [0.4, 0.5) is 27.8 Å². The van der Waals surface area contributed by atoms with Gasteiger partial charge in [0.25, 0.3) is 0 Å². The average molecular weight is 471 g/mol. The maximum Gasteiger partial charge on any atom is 0.425 e. The number of aromatic nitrogens is 2. The van der Waals surface area contributed by atoms with E-state index in [0.29, 0.717) is 17.4 Å². The van der Waals surface area contributed by atoms with Crippen LogP contribution in [0.3, 0.4) is 0 Å². The minimum Gasteiger partial charge on any atom is -0.497 e. The summed E-state index contributed by atoms with van der Waals surface area (Å²) in [5.41, 5.74) is 4.02. The summed E-state index contributed by atoms with van der Waals surface area (Å²) in [6.07, 6.45) is 0.930. The maximum absolute atomic E-state index is 13.5. The molecule has 1 aromatic heterocycles. The normalized spacial score (nSPS) is 10.4. The van der Waals surface area contributed by atoms with Crippen molar-refractivity contribution in [3.8, 4) is 17.4 Å². The summed E-state index contributed by atoms with van der Waals surface area (Å²) < 4.78 is 16.2. The molecule has 0 aliphatic rings. The van der Waals surface area contributed by atoms with E-state index < -0.39 is 6.09 Å². The van der Waals surface area contributed by atoms with Gasteiger partial charge in [0, 0.05) is 18.0 Å². The van der Waals surface area contributed by atoms with Crippen molar-refractivity contribution in [2.24, 2.45) is 0 Å². The van der Waals surface area contributed by atoms with E-state index in [0.717, 1.165) is 28.3 Å². The molecule has 0 aliphatic carbocycles. The van der Waals surface area contributed by atoms with Crippen molar-refractivity contribution in [3.05, 3.63) is 90.1 Å². The number of amides is 1. The number of rotatable bonds is 7. The van der Waals surface area contributed by atoms with Crippen LogP contribution in [0.2, 0.25) is 0 Å². The molecule has 0 spiro atoms. The Morgan fingerprint density at radius 3 is 2.03 bits per heavy atom. The minimum absolute atomic E-state index is 0.116. The Labute approximate surface area is 204 Å². The molecule has 4 aromatic rings. The van der Waals surface area contributed by atoms with Crippen molar-refractivity contribution < 1.29 is 19.0 Å². The van der Waals surface area contributed by atoms with E-state index in [1.54, 1.807) is 26.4 Å². The molecule has 178 valence electrons. The molecule has 1 heterocycles. The highest BCUT2D eigenvalue weighted by Crippen LogP contribution is 2.33. The van der Waals surface area contributed by atoms with Crippen molar-refractivity contribution in [1.82, 2.24) is 9.97 Å². The molecule has 1 amide bonds. The Balaban J connectivity index is 1.62. The van der Waals surface area contributed by atoms with E-state index in [2.05, 4.69) is 15.3 Å². The van der Waals surface area contributed by atoms with Gasteiger partial charge in [-0.05, 0) is 73.5 Å². The van der Waals surface area contributed by atoms with Gasteiger partial charge in [-0.2, -0.15) is 4.98 Å². The number of benzene rings is 3. The molecule has 0 saturated heterocycles. The van der Waals surface area contributed by atoms with Crippen LogP contribution in [0.15, 0.2) is 79.0 Å². The van der Waals surface area contributed by atoms with Gasteiger partial charge in [0.15, 0.2) is 0 Å². The van der Waals surface area contributed by atoms with Crippen LogP contribution >= 0.6 is 0 Å². The SMILES string of the molecule is COc1ccc(Nc2nccc(OC(=O)N(c3ccc(OC)cc3)c3c(C)cccc3C)n2)cc1. The van der Waals surface area contributed by atoms with Crippen molar-refractivity contribution in [1.29, 1.82) is 0 Å². The molecule has 0 bridgehead atoms. The largest absolute Gasteiger partial charge is 0.497 e. The third kappa shape index (κ3) is 5.50. The minimum atomic E-state index is -0.596. The highest BCUT2D eigenvalue weighted by atomic mass is 16.6. The molecule has 0 unspecified atom stereocenters. The molecule has 35 heavy (non-hydrogen) atoms. The third-order valence-corrected chi connectivity index (χ3v) is 5.34. The van der Waals surface area contributed by atoms with E-state index in [1.807, 2.05) is 68.4 Å². The van der Waals surface area contributed by atoms with Gasteiger partial charge in [0.2, 0.25) is 11.8 Å². The number of carbonyl (C=O) groups excluding carboxylic acids is 1. The van der Waals surface area contributed by atoms with Gasteiger partial charge in [-0.15, -0.1) is 0 Å². The summed E-state index contributed by atoms with van der Waals surface area (Å²) in [4.78, 5) is 23.6. The van der Waals surface area contributed by atoms with Crippen molar-refractivity contribution >= 4 is 29.1 Å². The number of ether oxygens (including phenoxy) is 3. The van der Waals surface area contributed by atoms with Gasteiger partial charge in [0.1, 0.15) is 11.5 Å². The molecular formula is C27H26N4O4. The molecule has 0 atom stereocenters. The molecule has 0 saturated carbocycles. The number of anilines is 4. The molecule has 0 radical (unpaired) electrons. The van der Waals surface area contributed by atoms with Crippen LogP contribution in [-0.2, 0) is 0 Å². The Bertz CT molecular complexity index is 1290. The Hall–Kier alpha value is -4.59. The lowest BCUT2D eigenvalue weighted by atomic mass is 10.1. The fourth-order valence-corrected chi connectivity index (χ4v) is 3.61.